The second-order valence-corrected chi connectivity index (χ2v) is 6.49. The monoisotopic (exact) mass is 355 g/mol. The van der Waals surface area contributed by atoms with Crippen LogP contribution in [0.2, 0.25) is 0 Å². The third kappa shape index (κ3) is 3.30. The molecule has 0 fully saturated rings. The zero-order valence-electron chi connectivity index (χ0n) is 11.9. The molecular formula is C14H18BrN3OS. The first-order valence-corrected chi connectivity index (χ1v) is 8.27. The lowest BCUT2D eigenvalue weighted by Crippen LogP contribution is -2.28. The molecule has 0 aliphatic rings. The molecule has 6 heteroatoms. The van der Waals surface area contributed by atoms with Crippen molar-refractivity contribution in [1.29, 1.82) is 0 Å². The van der Waals surface area contributed by atoms with Crippen LogP contribution in [0.3, 0.4) is 0 Å². The number of carbonyl (C=O) groups excluding carboxylic acids is 1. The van der Waals surface area contributed by atoms with E-state index in [1.165, 1.54) is 0 Å². The summed E-state index contributed by atoms with van der Waals surface area (Å²) < 4.78 is 2.84. The zero-order chi connectivity index (χ0) is 14.7. The maximum absolute atomic E-state index is 12.5. The van der Waals surface area contributed by atoms with Crippen molar-refractivity contribution in [2.45, 2.75) is 33.4 Å². The van der Waals surface area contributed by atoms with E-state index in [2.05, 4.69) is 21.0 Å². The number of rotatable bonds is 5. The third-order valence-electron chi connectivity index (χ3n) is 3.07. The topological polar surface area (TPSA) is 38.1 Å². The number of aromatic nitrogens is 2. The zero-order valence-corrected chi connectivity index (χ0v) is 14.3. The molecule has 0 aromatic carbocycles. The number of amides is 1. The van der Waals surface area contributed by atoms with Crippen LogP contribution in [0.25, 0.3) is 0 Å². The van der Waals surface area contributed by atoms with Gasteiger partial charge in [-0.05, 0) is 41.4 Å². The summed E-state index contributed by atoms with van der Waals surface area (Å²) >= 11 is 5.08. The predicted molar refractivity (Wildman–Crippen MR) is 85.1 cm³/mol. The van der Waals surface area contributed by atoms with Crippen molar-refractivity contribution in [3.63, 3.8) is 0 Å². The van der Waals surface area contributed by atoms with Gasteiger partial charge in [-0.2, -0.15) is 5.10 Å². The summed E-state index contributed by atoms with van der Waals surface area (Å²) in [6.07, 6.45) is 0.842. The van der Waals surface area contributed by atoms with Crippen LogP contribution in [-0.4, -0.2) is 27.6 Å². The van der Waals surface area contributed by atoms with Crippen molar-refractivity contribution >= 4 is 33.2 Å². The lowest BCUT2D eigenvalue weighted by atomic mass is 10.3. The molecule has 0 saturated heterocycles. The Hall–Kier alpha value is -1.14. The van der Waals surface area contributed by atoms with Crippen molar-refractivity contribution in [2.75, 3.05) is 7.05 Å². The van der Waals surface area contributed by atoms with Crippen LogP contribution in [0.5, 0.6) is 0 Å². The number of halogens is 1. The molecule has 0 aliphatic heterocycles. The van der Waals surface area contributed by atoms with E-state index in [0.717, 1.165) is 21.5 Å². The lowest BCUT2D eigenvalue weighted by Gasteiger charge is -2.16. The Bertz CT molecular complexity index is 605. The highest BCUT2D eigenvalue weighted by molar-refractivity contribution is 9.10. The Balaban J connectivity index is 2.15. The maximum Gasteiger partial charge on any atom is 0.272 e. The van der Waals surface area contributed by atoms with Gasteiger partial charge in [-0.25, -0.2) is 0 Å². The minimum absolute atomic E-state index is 0.0172. The van der Waals surface area contributed by atoms with E-state index >= 15 is 0 Å². The van der Waals surface area contributed by atoms with Crippen LogP contribution < -0.4 is 0 Å². The van der Waals surface area contributed by atoms with Gasteiger partial charge in [0.25, 0.3) is 5.91 Å². The smallest absolute Gasteiger partial charge is 0.272 e. The lowest BCUT2D eigenvalue weighted by molar-refractivity contribution is 0.0774. The molecule has 0 spiro atoms. The van der Waals surface area contributed by atoms with Crippen molar-refractivity contribution in [3.8, 4) is 0 Å². The van der Waals surface area contributed by atoms with Gasteiger partial charge in [-0.3, -0.25) is 9.48 Å². The van der Waals surface area contributed by atoms with Crippen molar-refractivity contribution < 1.29 is 4.79 Å². The molecule has 0 atom stereocenters. The van der Waals surface area contributed by atoms with E-state index in [-0.39, 0.29) is 5.91 Å². The van der Waals surface area contributed by atoms with Gasteiger partial charge in [0.15, 0.2) is 0 Å². The van der Waals surface area contributed by atoms with Crippen LogP contribution in [0, 0.1) is 0 Å². The molecule has 20 heavy (non-hydrogen) atoms. The quantitative estimate of drug-likeness (QED) is 0.822. The van der Waals surface area contributed by atoms with Crippen molar-refractivity contribution in [3.05, 3.63) is 38.3 Å². The molecule has 0 radical (unpaired) electrons. The second-order valence-electron chi connectivity index (χ2n) is 4.58. The summed E-state index contributed by atoms with van der Waals surface area (Å²) in [6.45, 7) is 5.37. The van der Waals surface area contributed by atoms with Crippen LogP contribution in [0.15, 0.2) is 22.0 Å². The Morgan fingerprint density at radius 2 is 2.20 bits per heavy atom. The molecule has 0 unspecified atom stereocenters. The molecule has 2 rings (SSSR count). The van der Waals surface area contributed by atoms with Gasteiger partial charge in [-0.1, -0.05) is 6.92 Å². The normalized spacial score (nSPS) is 10.8. The standard InChI is InChI=1S/C14H18BrN3OS/c1-4-11-7-13(18(5-2)16-11)14(19)17(3)8-12-6-10(15)9-20-12/h6-7,9H,4-5,8H2,1-3H3. The predicted octanol–water partition coefficient (Wildman–Crippen LogP) is 3.56. The van der Waals surface area contributed by atoms with Crippen molar-refractivity contribution in [2.24, 2.45) is 0 Å². The highest BCUT2D eigenvalue weighted by Gasteiger charge is 2.18. The van der Waals surface area contributed by atoms with Gasteiger partial charge in [-0.15, -0.1) is 11.3 Å². The molecule has 2 heterocycles. The Labute approximate surface area is 131 Å². The van der Waals surface area contributed by atoms with E-state index in [4.69, 9.17) is 0 Å². The highest BCUT2D eigenvalue weighted by atomic mass is 79.9. The van der Waals surface area contributed by atoms with Gasteiger partial charge in [0.2, 0.25) is 0 Å². The number of thiophene rings is 1. The number of hydrogen-bond acceptors (Lipinski definition) is 3. The highest BCUT2D eigenvalue weighted by Crippen LogP contribution is 2.21. The van der Waals surface area contributed by atoms with E-state index in [1.54, 1.807) is 20.9 Å². The first-order valence-electron chi connectivity index (χ1n) is 6.60. The Kier molecular flexibility index (Phi) is 4.99. The third-order valence-corrected chi connectivity index (χ3v) is 4.76. The first-order chi connectivity index (χ1) is 9.55. The van der Waals surface area contributed by atoms with Crippen LogP contribution in [-0.2, 0) is 19.5 Å². The molecule has 0 aliphatic carbocycles. The number of carbonyl (C=O) groups is 1. The van der Waals surface area contributed by atoms with Gasteiger partial charge in [0.1, 0.15) is 5.69 Å². The fourth-order valence-electron chi connectivity index (χ4n) is 1.99. The van der Waals surface area contributed by atoms with Gasteiger partial charge >= 0.3 is 0 Å². The van der Waals surface area contributed by atoms with E-state index in [1.807, 2.05) is 38.4 Å². The molecule has 108 valence electrons. The number of hydrogen-bond donors (Lipinski definition) is 0. The van der Waals surface area contributed by atoms with Crippen molar-refractivity contribution in [1.82, 2.24) is 14.7 Å². The molecule has 2 aromatic heterocycles. The number of aryl methyl sites for hydroxylation is 2. The number of nitrogens with zero attached hydrogens (tertiary/aromatic N) is 3. The fraction of sp³-hybridized carbons (Fsp3) is 0.429. The second kappa shape index (κ2) is 6.54. The molecular weight excluding hydrogens is 338 g/mol. The van der Waals surface area contributed by atoms with Gasteiger partial charge < -0.3 is 4.90 Å². The first kappa shape index (κ1) is 15.3. The van der Waals surface area contributed by atoms with Crippen LogP contribution in [0.4, 0.5) is 0 Å². The molecule has 2 aromatic rings. The SMILES string of the molecule is CCc1cc(C(=O)N(C)Cc2cc(Br)cs2)n(CC)n1. The maximum atomic E-state index is 12.5. The summed E-state index contributed by atoms with van der Waals surface area (Å²) in [7, 11) is 1.83. The molecule has 0 bridgehead atoms. The summed E-state index contributed by atoms with van der Waals surface area (Å²) in [4.78, 5) is 15.4. The van der Waals surface area contributed by atoms with Gasteiger partial charge in [0.05, 0.1) is 12.2 Å². The average Bonchev–Trinajstić information content (AvgIpc) is 3.03. The average molecular weight is 356 g/mol. The summed E-state index contributed by atoms with van der Waals surface area (Å²) in [6, 6.07) is 3.94. The fourth-order valence-corrected chi connectivity index (χ4v) is 3.50. The Morgan fingerprint density at radius 3 is 2.75 bits per heavy atom. The summed E-state index contributed by atoms with van der Waals surface area (Å²) in [5.41, 5.74) is 1.63. The van der Waals surface area contributed by atoms with Crippen LogP contribution >= 0.6 is 27.3 Å². The van der Waals surface area contributed by atoms with E-state index < -0.39 is 0 Å². The minimum atomic E-state index is 0.0172. The largest absolute Gasteiger partial charge is 0.335 e. The van der Waals surface area contributed by atoms with Gasteiger partial charge in [0, 0.05) is 28.3 Å². The summed E-state index contributed by atoms with van der Waals surface area (Å²) in [5, 5.41) is 6.45. The summed E-state index contributed by atoms with van der Waals surface area (Å²) in [5.74, 6) is 0.0172. The van der Waals surface area contributed by atoms with E-state index in [9.17, 15) is 4.79 Å². The Morgan fingerprint density at radius 1 is 1.45 bits per heavy atom. The van der Waals surface area contributed by atoms with Crippen LogP contribution in [0.1, 0.15) is 34.9 Å². The molecule has 1 amide bonds. The molecule has 0 saturated carbocycles. The molecule has 0 N–H and O–H groups in total. The minimum Gasteiger partial charge on any atom is -0.335 e. The van der Waals surface area contributed by atoms with E-state index in [0.29, 0.717) is 18.8 Å². The molecule has 4 nitrogen and oxygen atoms in total.